The number of hydrogen-bond donors (Lipinski definition) is 2. The average Bonchev–Trinajstić information content (AvgIpc) is 2.28. The molecule has 0 heterocycles. The molecule has 0 aromatic rings. The van der Waals surface area contributed by atoms with E-state index in [4.69, 9.17) is 4.74 Å². The van der Waals surface area contributed by atoms with E-state index in [1.807, 2.05) is 20.9 Å². The smallest absolute Gasteiger partial charge is 0.214 e. The quantitative estimate of drug-likeness (QED) is 0.725. The van der Waals surface area contributed by atoms with Crippen molar-refractivity contribution in [3.63, 3.8) is 0 Å². The lowest BCUT2D eigenvalue weighted by atomic mass is 9.92. The summed E-state index contributed by atoms with van der Waals surface area (Å²) >= 11 is 0. The van der Waals surface area contributed by atoms with E-state index in [2.05, 4.69) is 10.0 Å². The minimum atomic E-state index is -3.20. The van der Waals surface area contributed by atoms with Crippen LogP contribution in [0.25, 0.3) is 0 Å². The molecule has 6 heteroatoms. The van der Waals surface area contributed by atoms with Crippen molar-refractivity contribution in [1.82, 2.24) is 10.0 Å². The van der Waals surface area contributed by atoms with Crippen LogP contribution in [0.1, 0.15) is 39.5 Å². The first-order valence-corrected chi connectivity index (χ1v) is 8.37. The fourth-order valence-corrected chi connectivity index (χ4v) is 3.38. The summed E-state index contributed by atoms with van der Waals surface area (Å²) in [6.07, 6.45) is 3.97. The lowest BCUT2D eigenvalue weighted by molar-refractivity contribution is 0.0911. The molecule has 18 heavy (non-hydrogen) atoms. The second-order valence-corrected chi connectivity index (χ2v) is 7.07. The fourth-order valence-electron chi connectivity index (χ4n) is 2.21. The Morgan fingerprint density at radius 3 is 2.22 bits per heavy atom. The molecular weight excluding hydrogens is 252 g/mol. The van der Waals surface area contributed by atoms with Crippen molar-refractivity contribution >= 4 is 10.0 Å². The third-order valence-electron chi connectivity index (χ3n) is 3.28. The van der Waals surface area contributed by atoms with Gasteiger partial charge in [0.25, 0.3) is 0 Å². The first-order chi connectivity index (χ1) is 8.43. The lowest BCUT2D eigenvalue weighted by Crippen LogP contribution is -2.42. The maximum atomic E-state index is 11.8. The van der Waals surface area contributed by atoms with Crippen LogP contribution in [0.15, 0.2) is 0 Å². The summed E-state index contributed by atoms with van der Waals surface area (Å²) in [5.41, 5.74) is 0. The topological polar surface area (TPSA) is 67.4 Å². The lowest BCUT2D eigenvalue weighted by Gasteiger charge is -2.28. The first-order valence-electron chi connectivity index (χ1n) is 6.72. The molecule has 0 bridgehead atoms. The molecule has 0 spiro atoms. The van der Waals surface area contributed by atoms with E-state index in [0.717, 1.165) is 25.7 Å². The number of rotatable bonds is 7. The Balaban J connectivity index is 2.28. The number of nitrogens with one attached hydrogen (secondary N) is 2. The summed E-state index contributed by atoms with van der Waals surface area (Å²) in [5, 5.41) is 3.24. The first kappa shape index (κ1) is 15.9. The van der Waals surface area contributed by atoms with E-state index in [9.17, 15) is 8.42 Å². The van der Waals surface area contributed by atoms with Crippen LogP contribution in [0.2, 0.25) is 0 Å². The molecule has 0 amide bonds. The highest BCUT2D eigenvalue weighted by Crippen LogP contribution is 2.18. The van der Waals surface area contributed by atoms with Crippen molar-refractivity contribution < 1.29 is 13.2 Å². The van der Waals surface area contributed by atoms with Gasteiger partial charge >= 0.3 is 0 Å². The zero-order valence-electron chi connectivity index (χ0n) is 11.6. The van der Waals surface area contributed by atoms with Crippen LogP contribution >= 0.6 is 0 Å². The molecule has 108 valence electrons. The highest BCUT2D eigenvalue weighted by Gasteiger charge is 2.23. The molecule has 0 radical (unpaired) electrons. The van der Waals surface area contributed by atoms with Crippen LogP contribution in [0.4, 0.5) is 0 Å². The summed E-state index contributed by atoms with van der Waals surface area (Å²) in [7, 11) is -1.24. The maximum Gasteiger partial charge on any atom is 0.214 e. The Morgan fingerprint density at radius 2 is 1.72 bits per heavy atom. The fraction of sp³-hybridized carbons (Fsp3) is 1.00. The minimum Gasteiger partial charge on any atom is -0.378 e. The van der Waals surface area contributed by atoms with Crippen LogP contribution in [0.3, 0.4) is 0 Å². The summed E-state index contributed by atoms with van der Waals surface area (Å²) < 4.78 is 31.7. The zero-order valence-corrected chi connectivity index (χ0v) is 12.4. The van der Waals surface area contributed by atoms with Gasteiger partial charge in [-0.25, -0.2) is 13.1 Å². The largest absolute Gasteiger partial charge is 0.378 e. The van der Waals surface area contributed by atoms with Crippen LogP contribution in [0, 0.1) is 0 Å². The molecule has 1 rings (SSSR count). The van der Waals surface area contributed by atoms with E-state index < -0.39 is 10.0 Å². The van der Waals surface area contributed by atoms with E-state index in [0.29, 0.717) is 6.04 Å². The summed E-state index contributed by atoms with van der Waals surface area (Å²) in [6.45, 7) is 4.07. The molecule has 0 atom stereocenters. The van der Waals surface area contributed by atoms with Crippen molar-refractivity contribution in [3.05, 3.63) is 0 Å². The summed E-state index contributed by atoms with van der Waals surface area (Å²) in [4.78, 5) is 0. The molecule has 0 aliphatic heterocycles. The van der Waals surface area contributed by atoms with Crippen LogP contribution in [0.5, 0.6) is 0 Å². The molecular formula is C12H26N2O3S. The predicted octanol–water partition coefficient (Wildman–Crippen LogP) is 0.861. The molecule has 1 aliphatic rings. The predicted molar refractivity (Wildman–Crippen MR) is 73.1 cm³/mol. The monoisotopic (exact) mass is 278 g/mol. The zero-order chi connectivity index (χ0) is 13.6. The van der Waals surface area contributed by atoms with Crippen molar-refractivity contribution in [2.75, 3.05) is 19.4 Å². The van der Waals surface area contributed by atoms with Gasteiger partial charge in [-0.05, 0) is 46.6 Å². The third-order valence-corrected chi connectivity index (χ3v) is 4.68. The SMILES string of the molecule is CNC1CCC(NS(=O)(=O)CCOC(C)C)CC1. The molecule has 0 saturated heterocycles. The van der Waals surface area contributed by atoms with Gasteiger partial charge in [-0.3, -0.25) is 0 Å². The van der Waals surface area contributed by atoms with Crippen molar-refractivity contribution in [3.8, 4) is 0 Å². The van der Waals surface area contributed by atoms with Crippen molar-refractivity contribution in [2.24, 2.45) is 0 Å². The molecule has 0 unspecified atom stereocenters. The van der Waals surface area contributed by atoms with Gasteiger partial charge in [0, 0.05) is 12.1 Å². The van der Waals surface area contributed by atoms with Gasteiger partial charge in [0.2, 0.25) is 10.0 Å². The summed E-state index contributed by atoms with van der Waals surface area (Å²) in [5.74, 6) is 0.0527. The number of ether oxygens (including phenoxy) is 1. The standard InChI is InChI=1S/C12H26N2O3S/c1-10(2)17-8-9-18(15,16)14-12-6-4-11(13-3)5-7-12/h10-14H,4-9H2,1-3H3. The Bertz CT molecular complexity index is 322. The Labute approximate surface area is 111 Å². The van der Waals surface area contributed by atoms with Crippen molar-refractivity contribution in [1.29, 1.82) is 0 Å². The summed E-state index contributed by atoms with van der Waals surface area (Å²) in [6, 6.07) is 0.633. The molecule has 1 aliphatic carbocycles. The van der Waals surface area contributed by atoms with Crippen LogP contribution in [-0.4, -0.2) is 46.0 Å². The Kier molecular flexibility index (Phi) is 6.55. The second kappa shape index (κ2) is 7.43. The van der Waals surface area contributed by atoms with E-state index in [1.165, 1.54) is 0 Å². The Hall–Kier alpha value is -0.170. The van der Waals surface area contributed by atoms with E-state index in [-0.39, 0.29) is 24.5 Å². The third kappa shape index (κ3) is 6.13. The van der Waals surface area contributed by atoms with Gasteiger partial charge in [-0.2, -0.15) is 0 Å². The minimum absolute atomic E-state index is 0.0527. The highest BCUT2D eigenvalue weighted by molar-refractivity contribution is 7.89. The molecule has 0 aromatic heterocycles. The van der Waals surface area contributed by atoms with Gasteiger partial charge in [0.05, 0.1) is 18.5 Å². The molecule has 0 aromatic carbocycles. The van der Waals surface area contributed by atoms with Gasteiger partial charge in [-0.15, -0.1) is 0 Å². The Morgan fingerprint density at radius 1 is 1.17 bits per heavy atom. The van der Waals surface area contributed by atoms with Crippen LogP contribution in [-0.2, 0) is 14.8 Å². The van der Waals surface area contributed by atoms with E-state index in [1.54, 1.807) is 0 Å². The molecule has 5 nitrogen and oxygen atoms in total. The number of hydrogen-bond acceptors (Lipinski definition) is 4. The number of sulfonamides is 1. The van der Waals surface area contributed by atoms with Crippen LogP contribution < -0.4 is 10.0 Å². The molecule has 2 N–H and O–H groups in total. The molecule has 1 fully saturated rings. The maximum absolute atomic E-state index is 11.8. The highest BCUT2D eigenvalue weighted by atomic mass is 32.2. The van der Waals surface area contributed by atoms with Gasteiger partial charge in [0.15, 0.2) is 0 Å². The second-order valence-electron chi connectivity index (χ2n) is 5.19. The van der Waals surface area contributed by atoms with Gasteiger partial charge in [-0.1, -0.05) is 0 Å². The normalized spacial score (nSPS) is 25.6. The average molecular weight is 278 g/mol. The molecule has 1 saturated carbocycles. The van der Waals surface area contributed by atoms with Crippen molar-refractivity contribution in [2.45, 2.75) is 57.7 Å². The van der Waals surface area contributed by atoms with Gasteiger partial charge < -0.3 is 10.1 Å². The van der Waals surface area contributed by atoms with E-state index >= 15 is 0 Å². The van der Waals surface area contributed by atoms with Gasteiger partial charge in [0.1, 0.15) is 0 Å².